The first kappa shape index (κ1) is 17.6. The molecule has 1 fully saturated rings. The van der Waals surface area contributed by atoms with Gasteiger partial charge >= 0.3 is 0 Å². The Kier molecular flexibility index (Phi) is 6.40. The van der Waals surface area contributed by atoms with Gasteiger partial charge < -0.3 is 14.8 Å². The summed E-state index contributed by atoms with van der Waals surface area (Å²) in [5.74, 6) is 2.05. The van der Waals surface area contributed by atoms with E-state index in [9.17, 15) is 0 Å². The Morgan fingerprint density at radius 2 is 1.92 bits per heavy atom. The number of nitrogens with zero attached hydrogens (tertiary/aromatic N) is 3. The number of benzene rings is 1. The Morgan fingerprint density at radius 1 is 1.17 bits per heavy atom. The van der Waals surface area contributed by atoms with E-state index in [-0.39, 0.29) is 0 Å². The van der Waals surface area contributed by atoms with Crippen LogP contribution in [0.25, 0.3) is 0 Å². The molecule has 0 spiro atoms. The number of piperidine rings is 1. The van der Waals surface area contributed by atoms with Crippen molar-refractivity contribution in [2.45, 2.75) is 31.0 Å². The van der Waals surface area contributed by atoms with Gasteiger partial charge in [0.1, 0.15) is 0 Å². The summed E-state index contributed by atoms with van der Waals surface area (Å²) in [6.07, 6.45) is 4.17. The molecule has 1 aromatic carbocycles. The molecule has 0 unspecified atom stereocenters. The Hall–Kier alpha value is -1.24. The Morgan fingerprint density at radius 3 is 2.67 bits per heavy atom. The molecule has 24 heavy (non-hydrogen) atoms. The fourth-order valence-electron chi connectivity index (χ4n) is 2.96. The van der Waals surface area contributed by atoms with Gasteiger partial charge in [-0.25, -0.2) is 0 Å². The van der Waals surface area contributed by atoms with Crippen LogP contribution in [0.5, 0.6) is 0 Å². The van der Waals surface area contributed by atoms with Gasteiger partial charge in [0.05, 0.1) is 31.9 Å². The third-order valence-electron chi connectivity index (χ3n) is 4.47. The number of nitrogens with one attached hydrogen (secondary N) is 2. The monoisotopic (exact) mass is 366 g/mol. The highest BCUT2D eigenvalue weighted by atomic mass is 35.5. The second-order valence-corrected chi connectivity index (χ2v) is 7.73. The van der Waals surface area contributed by atoms with E-state index in [2.05, 4.69) is 20.1 Å². The van der Waals surface area contributed by atoms with Crippen molar-refractivity contribution >= 4 is 29.1 Å². The van der Waals surface area contributed by atoms with Crippen LogP contribution in [0.3, 0.4) is 0 Å². The van der Waals surface area contributed by atoms with Gasteiger partial charge in [0.25, 0.3) is 0 Å². The fourth-order valence-corrected chi connectivity index (χ4v) is 4.06. The van der Waals surface area contributed by atoms with Gasteiger partial charge in [-0.15, -0.1) is 10.2 Å². The molecule has 1 aliphatic rings. The number of likely N-dealkylation sites (tertiary alicyclic amines) is 1. The molecule has 0 saturated carbocycles. The number of quaternary nitrogens is 1. The van der Waals surface area contributed by atoms with E-state index in [1.165, 1.54) is 38.9 Å². The molecule has 7 heteroatoms. The zero-order valence-corrected chi connectivity index (χ0v) is 15.7. The zero-order valence-electron chi connectivity index (χ0n) is 14.1. The molecule has 0 amide bonds. The van der Waals surface area contributed by atoms with Crippen LogP contribution in [-0.4, -0.2) is 40.2 Å². The highest BCUT2D eigenvalue weighted by molar-refractivity contribution is 7.99. The maximum Gasteiger partial charge on any atom is 0.191 e. The van der Waals surface area contributed by atoms with Crippen molar-refractivity contribution in [1.29, 1.82) is 0 Å². The number of halogens is 1. The molecule has 1 saturated heterocycles. The lowest BCUT2D eigenvalue weighted by molar-refractivity contribution is -0.902. The SMILES string of the molecule is Cn1c(CNc2ccc(Cl)cc2)nnc1SCC[NH+]1CCCCC1. The summed E-state index contributed by atoms with van der Waals surface area (Å²) in [5.41, 5.74) is 1.03. The summed E-state index contributed by atoms with van der Waals surface area (Å²) in [5, 5.41) is 13.7. The number of hydrogen-bond donors (Lipinski definition) is 2. The van der Waals surface area contributed by atoms with E-state index in [0.29, 0.717) is 6.54 Å². The Bertz CT molecular complexity index is 637. The van der Waals surface area contributed by atoms with Crippen molar-refractivity contribution in [2.24, 2.45) is 7.05 Å². The van der Waals surface area contributed by atoms with E-state index in [0.717, 1.165) is 27.4 Å². The minimum atomic E-state index is 0.656. The van der Waals surface area contributed by atoms with Crippen molar-refractivity contribution in [1.82, 2.24) is 14.8 Å². The number of hydrogen-bond acceptors (Lipinski definition) is 4. The van der Waals surface area contributed by atoms with Crippen molar-refractivity contribution in [3.8, 4) is 0 Å². The van der Waals surface area contributed by atoms with Gasteiger partial charge in [-0.2, -0.15) is 0 Å². The summed E-state index contributed by atoms with van der Waals surface area (Å²) in [6.45, 7) is 4.53. The van der Waals surface area contributed by atoms with Crippen molar-refractivity contribution in [3.63, 3.8) is 0 Å². The number of rotatable bonds is 7. The molecule has 2 aromatic rings. The normalized spacial score (nSPS) is 15.6. The van der Waals surface area contributed by atoms with Crippen LogP contribution in [0.4, 0.5) is 5.69 Å². The number of thioether (sulfide) groups is 1. The highest BCUT2D eigenvalue weighted by Gasteiger charge is 2.14. The third-order valence-corrected chi connectivity index (χ3v) is 5.74. The summed E-state index contributed by atoms with van der Waals surface area (Å²) in [4.78, 5) is 1.74. The van der Waals surface area contributed by atoms with Crippen molar-refractivity contribution < 1.29 is 4.90 Å². The lowest BCUT2D eigenvalue weighted by Crippen LogP contribution is -3.13. The molecule has 0 radical (unpaired) electrons. The standard InChI is InChI=1S/C17H24ClN5S/c1-22-16(13-19-15-7-5-14(18)6-8-15)20-21-17(22)24-12-11-23-9-3-2-4-10-23/h5-8,19H,2-4,9-13H2,1H3/p+1. The lowest BCUT2D eigenvalue weighted by atomic mass is 10.1. The maximum atomic E-state index is 5.90. The van der Waals surface area contributed by atoms with Crippen molar-refractivity contribution in [3.05, 3.63) is 35.1 Å². The summed E-state index contributed by atoms with van der Waals surface area (Å²) < 4.78 is 2.08. The van der Waals surface area contributed by atoms with Gasteiger partial charge in [0.15, 0.2) is 11.0 Å². The molecule has 5 nitrogen and oxygen atoms in total. The molecule has 0 aliphatic carbocycles. The van der Waals surface area contributed by atoms with Crippen LogP contribution >= 0.6 is 23.4 Å². The van der Waals surface area contributed by atoms with Crippen molar-refractivity contribution in [2.75, 3.05) is 30.7 Å². The van der Waals surface area contributed by atoms with Gasteiger partial charge in [-0.3, -0.25) is 0 Å². The number of anilines is 1. The minimum absolute atomic E-state index is 0.656. The average Bonchev–Trinajstić information content (AvgIpc) is 2.96. The van der Waals surface area contributed by atoms with Gasteiger partial charge in [-0.1, -0.05) is 23.4 Å². The Labute approximate surface area is 152 Å². The van der Waals surface area contributed by atoms with Gasteiger partial charge in [0, 0.05) is 17.8 Å². The predicted molar refractivity (Wildman–Crippen MR) is 99.9 cm³/mol. The molecular weight excluding hydrogens is 342 g/mol. The topological polar surface area (TPSA) is 47.2 Å². The molecule has 0 bridgehead atoms. The van der Waals surface area contributed by atoms with Gasteiger partial charge in [-0.05, 0) is 43.5 Å². The second kappa shape index (κ2) is 8.74. The highest BCUT2D eigenvalue weighted by Crippen LogP contribution is 2.17. The molecule has 130 valence electrons. The largest absolute Gasteiger partial charge is 0.378 e. The number of aromatic nitrogens is 3. The van der Waals surface area contributed by atoms with E-state index < -0.39 is 0 Å². The minimum Gasteiger partial charge on any atom is -0.378 e. The zero-order chi connectivity index (χ0) is 16.8. The maximum absolute atomic E-state index is 5.90. The van der Waals surface area contributed by atoms with Gasteiger partial charge in [0.2, 0.25) is 0 Å². The van der Waals surface area contributed by atoms with E-state index >= 15 is 0 Å². The van der Waals surface area contributed by atoms with E-state index in [4.69, 9.17) is 11.6 Å². The molecule has 2 heterocycles. The second-order valence-electron chi connectivity index (χ2n) is 6.23. The summed E-state index contributed by atoms with van der Waals surface area (Å²) in [7, 11) is 2.04. The first-order chi connectivity index (χ1) is 11.7. The quantitative estimate of drug-likeness (QED) is 0.738. The molecule has 3 rings (SSSR count). The fraction of sp³-hybridized carbons (Fsp3) is 0.529. The first-order valence-electron chi connectivity index (χ1n) is 8.56. The van der Waals surface area contributed by atoms with Crippen LogP contribution in [0.1, 0.15) is 25.1 Å². The smallest absolute Gasteiger partial charge is 0.191 e. The predicted octanol–water partition coefficient (Wildman–Crippen LogP) is 2.24. The van der Waals surface area contributed by atoms with Crippen LogP contribution in [0, 0.1) is 0 Å². The van der Waals surface area contributed by atoms with E-state index in [1.807, 2.05) is 43.1 Å². The lowest BCUT2D eigenvalue weighted by Gasteiger charge is -2.23. The summed E-state index contributed by atoms with van der Waals surface area (Å²) in [6, 6.07) is 7.70. The van der Waals surface area contributed by atoms with E-state index in [1.54, 1.807) is 4.90 Å². The third kappa shape index (κ3) is 4.88. The molecule has 1 aromatic heterocycles. The van der Waals surface area contributed by atoms with Crippen LogP contribution in [-0.2, 0) is 13.6 Å². The first-order valence-corrected chi connectivity index (χ1v) is 9.93. The summed E-state index contributed by atoms with van der Waals surface area (Å²) >= 11 is 7.71. The molecule has 1 aliphatic heterocycles. The molecular formula is C17H25ClN5S+. The average molecular weight is 367 g/mol. The van der Waals surface area contributed by atoms with Crippen LogP contribution in [0.2, 0.25) is 5.02 Å². The van der Waals surface area contributed by atoms with Crippen LogP contribution in [0.15, 0.2) is 29.4 Å². The molecule has 0 atom stereocenters. The Balaban J connectivity index is 1.47. The van der Waals surface area contributed by atoms with Crippen LogP contribution < -0.4 is 10.2 Å². The molecule has 2 N–H and O–H groups in total.